The van der Waals surface area contributed by atoms with E-state index in [2.05, 4.69) is 145 Å². The molecule has 0 aliphatic carbocycles. The second-order valence-electron chi connectivity index (χ2n) is 32.0. The van der Waals surface area contributed by atoms with Crippen molar-refractivity contribution in [2.75, 3.05) is 219 Å². The third-order valence-electron chi connectivity index (χ3n) is 21.6. The molecule has 0 saturated carbocycles. The van der Waals surface area contributed by atoms with Gasteiger partial charge in [0.05, 0.1) is 179 Å². The minimum atomic E-state index is -0.796. The molecule has 0 aliphatic heterocycles. The molecule has 0 aromatic rings. The van der Waals surface area contributed by atoms with Crippen molar-refractivity contribution in [1.29, 1.82) is 0 Å². The van der Waals surface area contributed by atoms with Crippen LogP contribution in [-0.2, 0) is 0 Å². The molecule has 0 fully saturated rings. The highest BCUT2D eigenvalue weighted by molar-refractivity contribution is 7.78. The molecule has 0 aromatic heterocycles. The van der Waals surface area contributed by atoms with Gasteiger partial charge in [0.1, 0.15) is 0 Å². The number of hydrogen-bond acceptors (Lipinski definition) is 7. The molecule has 7 nitrogen and oxygen atoms in total. The quantitative estimate of drug-likeness (QED) is 0.0216. The Morgan fingerprint density at radius 1 is 0.127 bits per heavy atom. The molecule has 0 bridgehead atoms. The fourth-order valence-electron chi connectivity index (χ4n) is 17.8. The smallest absolute Gasteiger partial charge is 0.0825 e. The number of halogens is 7. The Labute approximate surface area is 774 Å². The summed E-state index contributed by atoms with van der Waals surface area (Å²) in [5.41, 5.74) is 0. The molecule has 0 aromatic carbocycles. The second-order valence-corrected chi connectivity index (χ2v) is 63.3. The average molecular weight is 2130 g/mol. The van der Waals surface area contributed by atoms with Crippen molar-refractivity contribution in [1.82, 2.24) is 0 Å². The fraction of sp³-hybridized carbons (Fsp3) is 1.00. The molecule has 0 atom stereocenters. The molecule has 0 amide bonds. The summed E-state index contributed by atoms with van der Waals surface area (Å²) in [5, 5.41) is 62.8. The van der Waals surface area contributed by atoms with Crippen LogP contribution >= 0.6 is 50.8 Å². The van der Waals surface area contributed by atoms with Crippen molar-refractivity contribution >= 4 is 50.8 Å². The van der Waals surface area contributed by atoms with Gasteiger partial charge in [0.25, 0.3) is 0 Å². The van der Waals surface area contributed by atoms with Crippen LogP contribution in [0.4, 0.5) is 0 Å². The predicted molar refractivity (Wildman–Crippen MR) is 506 cm³/mol. The van der Waals surface area contributed by atoms with E-state index < -0.39 is 50.8 Å². The summed E-state index contributed by atoms with van der Waals surface area (Å²) in [4.78, 5) is 0. The summed E-state index contributed by atoms with van der Waals surface area (Å²) in [5.74, 6) is 0. The van der Waals surface area contributed by atoms with E-state index in [1.807, 2.05) is 0 Å². The zero-order valence-corrected chi connectivity index (χ0v) is 94.0. The third kappa shape index (κ3) is 86.2. The van der Waals surface area contributed by atoms with Crippen LogP contribution in [0.5, 0.6) is 0 Å². The second kappa shape index (κ2) is 111. The maximum atomic E-state index is 9.33. The van der Waals surface area contributed by atoms with Gasteiger partial charge < -0.3 is 155 Å². The fourth-order valence-corrected chi connectivity index (χ4v) is 52.8. The lowest BCUT2D eigenvalue weighted by Gasteiger charge is -2.27. The van der Waals surface area contributed by atoms with Crippen molar-refractivity contribution in [3.05, 3.63) is 0 Å². The van der Waals surface area contributed by atoms with Gasteiger partial charge in [-0.2, -0.15) is 0 Å². The summed E-state index contributed by atoms with van der Waals surface area (Å²) < 4.78 is 0. The molecule has 0 radical (unpaired) electrons. The molecule has 688 valence electrons. The normalized spacial score (nSPS) is 11.2. The van der Waals surface area contributed by atoms with E-state index in [1.165, 1.54) is 340 Å². The maximum absolute atomic E-state index is 9.33. The first-order chi connectivity index (χ1) is 49.7. The number of unbranched alkanes of at least 4 members (excludes halogenated alkanes) is 6. The van der Waals surface area contributed by atoms with Gasteiger partial charge >= 0.3 is 0 Å². The Hall–Kier alpha value is 6.02. The maximum Gasteiger partial charge on any atom is 0.0825 e. The molecule has 0 unspecified atom stereocenters. The van der Waals surface area contributed by atoms with Crippen LogP contribution in [0, 0.1) is 0 Å². The Morgan fingerprint density at radius 2 is 0.236 bits per heavy atom. The van der Waals surface area contributed by atoms with Crippen molar-refractivity contribution in [2.24, 2.45) is 0 Å². The molecular weight excluding hydrogens is 1920 g/mol. The van der Waals surface area contributed by atoms with Gasteiger partial charge in [-0.1, -0.05) is 165 Å². The van der Waals surface area contributed by atoms with Crippen molar-refractivity contribution in [3.63, 3.8) is 0 Å². The van der Waals surface area contributed by atoms with Gasteiger partial charge in [-0.3, -0.25) is 0 Å². The molecule has 21 heteroatoms. The highest BCUT2D eigenvalue weighted by Crippen LogP contribution is 2.65. The lowest BCUT2D eigenvalue weighted by atomic mass is 10.4. The van der Waals surface area contributed by atoms with Gasteiger partial charge in [0, 0.05) is 110 Å². The average Bonchev–Trinajstić information content (AvgIpc) is 0.958. The molecule has 0 saturated heterocycles. The molecule has 0 rings (SSSR count). The Bertz CT molecular complexity index is 1330. The summed E-state index contributed by atoms with van der Waals surface area (Å²) in [6.45, 7) is 51.2. The standard InChI is InChI=1S/C14H32OP.3C13H30OP.3C12H28OP.2BrH.3ClH.2HI/c1-4-7-11-16(14-10-15,12-8-5-2)13-9-6-3;3*1-4-10-15(11-5-2,12-6-3)13-8-7-9-14;3*1-4-9-14(10-5-2,11-6-3)12-7-8-13;;;;;;;/h15H,4-14H2,1-3H3;3*14H,4-13H2,1-3H3;3*13H,4-12H2,1-3H3;7*1H/q7*+1;;;;;;;/p-7. The first kappa shape index (κ1) is 147. The summed E-state index contributed by atoms with van der Waals surface area (Å²) in [7, 11) is -4.72. The van der Waals surface area contributed by atoms with Gasteiger partial charge in [-0.05, 0) is 173 Å². The highest BCUT2D eigenvalue weighted by atomic mass is 127. The van der Waals surface area contributed by atoms with Crippen LogP contribution in [0.3, 0.4) is 0 Å². The van der Waals surface area contributed by atoms with Gasteiger partial charge in [0.2, 0.25) is 0 Å². The molecule has 0 heterocycles. The monoisotopic (exact) mass is 2120 g/mol. The zero-order valence-electron chi connectivity index (χ0n) is 78.0. The topological polar surface area (TPSA) is 142 Å². The Balaban J connectivity index is -0.0000000806. The first-order valence-corrected chi connectivity index (χ1v) is 63.6. The zero-order chi connectivity index (χ0) is 79.6. The summed E-state index contributed by atoms with van der Waals surface area (Å²) in [6.07, 6.45) is 82.3. The van der Waals surface area contributed by atoms with Crippen molar-refractivity contribution in [3.8, 4) is 0 Å². The van der Waals surface area contributed by atoms with E-state index in [-0.39, 0.29) is 119 Å². The highest BCUT2D eigenvalue weighted by Gasteiger charge is 2.39. The van der Waals surface area contributed by atoms with E-state index in [1.54, 1.807) is 0 Å². The molecule has 0 spiro atoms. The van der Waals surface area contributed by atoms with Crippen LogP contribution in [0.25, 0.3) is 0 Å². The Kier molecular flexibility index (Phi) is 149. The lowest BCUT2D eigenvalue weighted by Crippen LogP contribution is -3.00. The molecule has 0 aliphatic rings. The van der Waals surface area contributed by atoms with E-state index in [0.29, 0.717) is 46.2 Å². The Morgan fingerprint density at radius 3 is 0.336 bits per heavy atom. The first-order valence-electron chi connectivity index (χ1n) is 45.9. The number of rotatable bonds is 68. The number of hydrogen-bond donors (Lipinski definition) is 7. The van der Waals surface area contributed by atoms with Crippen LogP contribution in [0.15, 0.2) is 0 Å². The summed E-state index contributed by atoms with van der Waals surface area (Å²) >= 11 is 0. The van der Waals surface area contributed by atoms with Gasteiger partial charge in [-0.15, -0.1) is 0 Å². The van der Waals surface area contributed by atoms with E-state index >= 15 is 0 Å². The van der Waals surface area contributed by atoms with Crippen molar-refractivity contribution in [2.45, 2.75) is 357 Å². The number of aliphatic hydroxyl groups is 7. The molecule has 7 N–H and O–H groups in total. The van der Waals surface area contributed by atoms with E-state index in [0.717, 1.165) is 44.7 Å². The van der Waals surface area contributed by atoms with Crippen LogP contribution < -0.4 is 119 Å². The minimum Gasteiger partial charge on any atom is -1.00 e. The minimum absolute atomic E-state index is 0. The van der Waals surface area contributed by atoms with Gasteiger partial charge in [0.15, 0.2) is 0 Å². The van der Waals surface area contributed by atoms with Crippen molar-refractivity contribution < 1.29 is 155 Å². The predicted octanol–water partition coefficient (Wildman–Crippen LogP) is 6.29. The molecular formula is C89H206Br2Cl3I2O7P7. The van der Waals surface area contributed by atoms with E-state index in [9.17, 15) is 5.11 Å². The SMILES string of the molecule is CCCC[P+](CCO)(CCCC)CCCC.CCC[P+](CCC)(CCC)CCCCO.CCC[P+](CCC)(CCC)CCCCO.CCC[P+](CCC)(CCC)CCCCO.CCC[P+](CCC)(CCC)CCCO.CCC[P+](CCC)(CCC)CCCO.CCC[P+](CCC)(CCC)CCCO.[Br-].[Br-].[Cl-].[Cl-].[Cl-].[I-].[I-]. The number of aliphatic hydroxyl groups excluding tert-OH is 7. The van der Waals surface area contributed by atoms with Crippen LogP contribution in [0.1, 0.15) is 357 Å². The third-order valence-corrected chi connectivity index (χ3v) is 59.2. The largest absolute Gasteiger partial charge is 1.00 e. The van der Waals surface area contributed by atoms with Gasteiger partial charge in [-0.25, -0.2) is 0 Å². The molecule has 110 heavy (non-hydrogen) atoms. The van der Waals surface area contributed by atoms with Crippen LogP contribution in [-0.4, -0.2) is 255 Å². The van der Waals surface area contributed by atoms with E-state index in [4.69, 9.17) is 30.6 Å². The van der Waals surface area contributed by atoms with Crippen LogP contribution in [0.2, 0.25) is 0 Å². The summed E-state index contributed by atoms with van der Waals surface area (Å²) in [6, 6.07) is 0. The lowest BCUT2D eigenvalue weighted by molar-refractivity contribution is -0.00100.